The second kappa shape index (κ2) is 6.90. The van der Waals surface area contributed by atoms with Gasteiger partial charge in [0.1, 0.15) is 17.2 Å². The third-order valence-electron chi connectivity index (χ3n) is 4.06. The van der Waals surface area contributed by atoms with Gasteiger partial charge in [0.15, 0.2) is 0 Å². The molecule has 1 unspecified atom stereocenters. The molecular weight excluding hydrogens is 318 g/mol. The number of hydrogen-bond donors (Lipinski definition) is 3. The molecule has 1 atom stereocenters. The van der Waals surface area contributed by atoms with Gasteiger partial charge in [0.05, 0.1) is 11.3 Å². The van der Waals surface area contributed by atoms with E-state index < -0.39 is 11.6 Å². The predicted molar refractivity (Wildman–Crippen MR) is 96.4 cm³/mol. The minimum atomic E-state index is -0.944. The Bertz CT molecular complexity index is 874. The highest BCUT2D eigenvalue weighted by molar-refractivity contribution is 5.93. The lowest BCUT2D eigenvalue weighted by atomic mass is 10.0. The number of imidazole rings is 1. The third-order valence-corrected chi connectivity index (χ3v) is 4.06. The summed E-state index contributed by atoms with van der Waals surface area (Å²) in [5.74, 6) is 0.531. The van der Waals surface area contributed by atoms with E-state index in [-0.39, 0.29) is 6.54 Å². The first kappa shape index (κ1) is 16.9. The van der Waals surface area contributed by atoms with Gasteiger partial charge in [0.25, 0.3) is 0 Å². The van der Waals surface area contributed by atoms with Crippen LogP contribution in [0.3, 0.4) is 0 Å². The topological polar surface area (TPSA) is 91.5 Å². The molecule has 0 spiro atoms. The molecule has 0 fully saturated rings. The number of amides is 2. The van der Waals surface area contributed by atoms with Crippen LogP contribution >= 0.6 is 0 Å². The number of fused-ring (bicyclic) bond motifs is 1. The standard InChI is InChI=1S/C18H21N5O2/c1-3-18(2,25)12-20-17(24)22-16-15(13-8-4-6-10-19-13)21-14-9-5-7-11-23(14)16/h4-11,25H,3,12H2,1-2H3,(H2,20,22,24). The number of aliphatic hydroxyl groups is 1. The molecule has 0 bridgehead atoms. The SMILES string of the molecule is CCC(C)(O)CNC(=O)Nc1c(-c2ccccn2)nc2ccccn12. The maximum Gasteiger partial charge on any atom is 0.320 e. The number of pyridine rings is 2. The van der Waals surface area contributed by atoms with Crippen LogP contribution in [-0.4, -0.2) is 37.7 Å². The Morgan fingerprint density at radius 3 is 2.80 bits per heavy atom. The van der Waals surface area contributed by atoms with E-state index in [9.17, 15) is 9.90 Å². The van der Waals surface area contributed by atoms with Crippen molar-refractivity contribution >= 4 is 17.5 Å². The number of nitrogens with zero attached hydrogens (tertiary/aromatic N) is 3. The fraction of sp³-hybridized carbons (Fsp3) is 0.278. The molecule has 3 aromatic rings. The Labute approximate surface area is 145 Å². The summed E-state index contributed by atoms with van der Waals surface area (Å²) in [6, 6.07) is 10.7. The van der Waals surface area contributed by atoms with Crippen molar-refractivity contribution in [3.63, 3.8) is 0 Å². The first-order valence-corrected chi connectivity index (χ1v) is 8.16. The van der Waals surface area contributed by atoms with Crippen LogP contribution in [0.4, 0.5) is 10.6 Å². The largest absolute Gasteiger partial charge is 0.388 e. The minimum Gasteiger partial charge on any atom is -0.388 e. The summed E-state index contributed by atoms with van der Waals surface area (Å²) in [6.07, 6.45) is 4.05. The van der Waals surface area contributed by atoms with Crippen LogP contribution in [0.1, 0.15) is 20.3 Å². The molecule has 0 aliphatic heterocycles. The van der Waals surface area contributed by atoms with Gasteiger partial charge in [-0.3, -0.25) is 14.7 Å². The van der Waals surface area contributed by atoms with Gasteiger partial charge in [-0.15, -0.1) is 0 Å². The van der Waals surface area contributed by atoms with E-state index >= 15 is 0 Å². The van der Waals surface area contributed by atoms with Gasteiger partial charge in [0, 0.05) is 18.9 Å². The first-order valence-electron chi connectivity index (χ1n) is 8.16. The van der Waals surface area contributed by atoms with E-state index in [4.69, 9.17) is 0 Å². The van der Waals surface area contributed by atoms with Crippen molar-refractivity contribution in [3.8, 4) is 11.4 Å². The quantitative estimate of drug-likeness (QED) is 0.666. The molecule has 2 amide bonds. The van der Waals surface area contributed by atoms with Crippen LogP contribution in [0.2, 0.25) is 0 Å². The Balaban J connectivity index is 1.91. The van der Waals surface area contributed by atoms with Crippen LogP contribution in [0.5, 0.6) is 0 Å². The van der Waals surface area contributed by atoms with E-state index in [1.54, 1.807) is 17.5 Å². The van der Waals surface area contributed by atoms with Gasteiger partial charge in [-0.05, 0) is 37.6 Å². The van der Waals surface area contributed by atoms with Crippen LogP contribution in [-0.2, 0) is 0 Å². The van der Waals surface area contributed by atoms with Crippen LogP contribution < -0.4 is 10.6 Å². The van der Waals surface area contributed by atoms with Crippen LogP contribution in [0.25, 0.3) is 17.0 Å². The van der Waals surface area contributed by atoms with Crippen molar-refractivity contribution in [2.75, 3.05) is 11.9 Å². The predicted octanol–water partition coefficient (Wildman–Crippen LogP) is 2.68. The lowest BCUT2D eigenvalue weighted by Crippen LogP contribution is -2.42. The van der Waals surface area contributed by atoms with E-state index in [0.29, 0.717) is 29.3 Å². The van der Waals surface area contributed by atoms with Gasteiger partial charge in [-0.25, -0.2) is 9.78 Å². The summed E-state index contributed by atoms with van der Waals surface area (Å²) in [7, 11) is 0. The zero-order chi connectivity index (χ0) is 17.9. The Hall–Kier alpha value is -2.93. The van der Waals surface area contributed by atoms with Crippen LogP contribution in [0, 0.1) is 0 Å². The van der Waals surface area contributed by atoms with Crippen molar-refractivity contribution in [1.29, 1.82) is 0 Å². The number of carbonyl (C=O) groups is 1. The molecule has 7 heteroatoms. The molecule has 0 saturated heterocycles. The lowest BCUT2D eigenvalue weighted by Gasteiger charge is -2.21. The molecule has 3 heterocycles. The third kappa shape index (κ3) is 3.77. The van der Waals surface area contributed by atoms with E-state index in [2.05, 4.69) is 20.6 Å². The molecule has 3 rings (SSSR count). The fourth-order valence-corrected chi connectivity index (χ4v) is 2.34. The number of hydrogen-bond acceptors (Lipinski definition) is 4. The highest BCUT2D eigenvalue weighted by atomic mass is 16.3. The number of aromatic nitrogens is 3. The van der Waals surface area contributed by atoms with Gasteiger partial charge in [0.2, 0.25) is 0 Å². The Morgan fingerprint density at radius 1 is 1.28 bits per heavy atom. The molecule has 130 valence electrons. The Kier molecular flexibility index (Phi) is 4.67. The maximum atomic E-state index is 12.3. The molecule has 25 heavy (non-hydrogen) atoms. The first-order chi connectivity index (χ1) is 12.0. The molecule has 0 saturated carbocycles. The Morgan fingerprint density at radius 2 is 2.08 bits per heavy atom. The summed E-state index contributed by atoms with van der Waals surface area (Å²) in [4.78, 5) is 21.2. The number of rotatable bonds is 5. The second-order valence-corrected chi connectivity index (χ2v) is 6.11. The monoisotopic (exact) mass is 339 g/mol. The number of carbonyl (C=O) groups excluding carboxylic acids is 1. The summed E-state index contributed by atoms with van der Waals surface area (Å²) in [5, 5.41) is 15.6. The molecule has 0 aliphatic rings. The molecule has 3 aromatic heterocycles. The van der Waals surface area contributed by atoms with Crippen LogP contribution in [0.15, 0.2) is 48.8 Å². The van der Waals surface area contributed by atoms with Crippen molar-refractivity contribution in [2.24, 2.45) is 0 Å². The second-order valence-electron chi connectivity index (χ2n) is 6.11. The van der Waals surface area contributed by atoms with Crippen molar-refractivity contribution in [1.82, 2.24) is 19.7 Å². The summed E-state index contributed by atoms with van der Waals surface area (Å²) >= 11 is 0. The lowest BCUT2D eigenvalue weighted by molar-refractivity contribution is 0.0587. The molecule has 3 N–H and O–H groups in total. The zero-order valence-electron chi connectivity index (χ0n) is 14.2. The summed E-state index contributed by atoms with van der Waals surface area (Å²) in [6.45, 7) is 3.70. The summed E-state index contributed by atoms with van der Waals surface area (Å²) in [5.41, 5.74) is 1.02. The van der Waals surface area contributed by atoms with Crippen molar-refractivity contribution < 1.29 is 9.90 Å². The number of nitrogens with one attached hydrogen (secondary N) is 2. The number of anilines is 1. The molecule has 0 radical (unpaired) electrons. The normalized spacial score (nSPS) is 13.4. The van der Waals surface area contributed by atoms with Crippen molar-refractivity contribution in [2.45, 2.75) is 25.9 Å². The van der Waals surface area contributed by atoms with Crippen molar-refractivity contribution in [3.05, 3.63) is 48.8 Å². The molecule has 0 aliphatic carbocycles. The van der Waals surface area contributed by atoms with Gasteiger partial charge in [-0.2, -0.15) is 0 Å². The zero-order valence-corrected chi connectivity index (χ0v) is 14.2. The van der Waals surface area contributed by atoms with Gasteiger partial charge >= 0.3 is 6.03 Å². The molecular formula is C18H21N5O2. The highest BCUT2D eigenvalue weighted by Crippen LogP contribution is 2.27. The summed E-state index contributed by atoms with van der Waals surface area (Å²) < 4.78 is 1.79. The minimum absolute atomic E-state index is 0.158. The van der Waals surface area contributed by atoms with Gasteiger partial charge in [-0.1, -0.05) is 19.1 Å². The maximum absolute atomic E-state index is 12.3. The smallest absolute Gasteiger partial charge is 0.320 e. The van der Waals surface area contributed by atoms with Gasteiger partial charge < -0.3 is 10.4 Å². The van der Waals surface area contributed by atoms with E-state index in [1.807, 2.05) is 49.5 Å². The highest BCUT2D eigenvalue weighted by Gasteiger charge is 2.20. The van der Waals surface area contributed by atoms with E-state index in [1.165, 1.54) is 0 Å². The number of urea groups is 1. The molecule has 7 nitrogen and oxygen atoms in total. The average molecular weight is 339 g/mol. The fourth-order valence-electron chi connectivity index (χ4n) is 2.34. The average Bonchev–Trinajstić information content (AvgIpc) is 2.99. The van der Waals surface area contributed by atoms with E-state index in [0.717, 1.165) is 0 Å². The molecule has 0 aromatic carbocycles.